The molecule has 0 spiro atoms. The molecule has 0 saturated carbocycles. The van der Waals surface area contributed by atoms with Crippen LogP contribution in [0.3, 0.4) is 0 Å². The van der Waals surface area contributed by atoms with Gasteiger partial charge in [0.05, 0.1) is 23.0 Å². The molecule has 26 heavy (non-hydrogen) atoms. The first-order valence-corrected chi connectivity index (χ1v) is 9.45. The van der Waals surface area contributed by atoms with Gasteiger partial charge in [0.1, 0.15) is 16.6 Å². The van der Waals surface area contributed by atoms with Crippen molar-refractivity contribution in [1.82, 2.24) is 9.97 Å². The Balaban J connectivity index is 1.89. The normalized spacial score (nSPS) is 16.7. The van der Waals surface area contributed by atoms with Crippen LogP contribution in [0, 0.1) is 0 Å². The number of anilines is 2. The first-order chi connectivity index (χ1) is 12.3. The molecule has 2 aromatic heterocycles. The topological polar surface area (TPSA) is 122 Å². The molecule has 2 aromatic rings. The molecule has 1 fully saturated rings. The highest BCUT2D eigenvalue weighted by molar-refractivity contribution is 7.99. The lowest BCUT2D eigenvalue weighted by molar-refractivity contribution is 0.275. The number of nitrogen functional groups attached to an aromatic ring is 1. The average molecular weight is 396 g/mol. The molecule has 1 saturated heterocycles. The molecule has 1 aliphatic heterocycles. The summed E-state index contributed by atoms with van der Waals surface area (Å²) in [5.41, 5.74) is 12.9. The van der Waals surface area contributed by atoms with Crippen LogP contribution in [0.5, 0.6) is 5.75 Å². The second-order valence-corrected chi connectivity index (χ2v) is 8.10. The van der Waals surface area contributed by atoms with Gasteiger partial charge in [-0.3, -0.25) is 0 Å². The highest BCUT2D eigenvalue weighted by Gasteiger charge is 2.28. The number of rotatable bonds is 4. The van der Waals surface area contributed by atoms with Crippen molar-refractivity contribution in [3.8, 4) is 5.75 Å². The summed E-state index contributed by atoms with van der Waals surface area (Å²) >= 11 is 7.34. The zero-order valence-electron chi connectivity index (χ0n) is 14.4. The first-order valence-electron chi connectivity index (χ1n) is 8.26. The van der Waals surface area contributed by atoms with Crippen molar-refractivity contribution in [2.45, 2.75) is 41.8 Å². The number of pyridine rings is 2. The van der Waals surface area contributed by atoms with Crippen molar-refractivity contribution in [2.75, 3.05) is 23.7 Å². The minimum absolute atomic E-state index is 0.0229. The van der Waals surface area contributed by atoms with Crippen LogP contribution in [0.1, 0.15) is 25.5 Å². The largest absolute Gasteiger partial charge is 0.505 e. The van der Waals surface area contributed by atoms with E-state index in [9.17, 15) is 10.2 Å². The van der Waals surface area contributed by atoms with E-state index in [-0.39, 0.29) is 23.7 Å². The van der Waals surface area contributed by atoms with Gasteiger partial charge >= 0.3 is 0 Å². The third-order valence-electron chi connectivity index (χ3n) is 4.51. The van der Waals surface area contributed by atoms with E-state index in [4.69, 9.17) is 23.1 Å². The number of aliphatic hydroxyl groups is 1. The smallest absolute Gasteiger partial charge is 0.150 e. The van der Waals surface area contributed by atoms with Gasteiger partial charge in [-0.05, 0) is 25.8 Å². The maximum atomic E-state index is 10.5. The lowest BCUT2D eigenvalue weighted by atomic mass is 9.90. The van der Waals surface area contributed by atoms with Gasteiger partial charge in [0.25, 0.3) is 0 Å². The molecular weight excluding hydrogens is 374 g/mol. The Hall–Kier alpha value is -1.74. The molecule has 6 N–H and O–H groups in total. The second-order valence-electron chi connectivity index (χ2n) is 6.69. The van der Waals surface area contributed by atoms with Crippen LogP contribution in [0.4, 0.5) is 11.5 Å². The molecule has 3 heterocycles. The lowest BCUT2D eigenvalue weighted by Gasteiger charge is -2.38. The van der Waals surface area contributed by atoms with Gasteiger partial charge in [-0.25, -0.2) is 9.97 Å². The summed E-state index contributed by atoms with van der Waals surface area (Å²) in [6, 6.07) is 3.34. The van der Waals surface area contributed by atoms with E-state index in [0.717, 1.165) is 31.6 Å². The summed E-state index contributed by atoms with van der Waals surface area (Å²) < 4.78 is 0. The van der Waals surface area contributed by atoms with Gasteiger partial charge in [0.2, 0.25) is 0 Å². The van der Waals surface area contributed by atoms with Gasteiger partial charge in [0.15, 0.2) is 0 Å². The number of aliphatic hydroxyl groups excluding tert-OH is 1. The van der Waals surface area contributed by atoms with E-state index in [1.165, 1.54) is 11.8 Å². The predicted octanol–water partition coefficient (Wildman–Crippen LogP) is 2.38. The highest BCUT2D eigenvalue weighted by atomic mass is 35.5. The number of piperidine rings is 1. The Morgan fingerprint density at radius 1 is 1.38 bits per heavy atom. The van der Waals surface area contributed by atoms with Gasteiger partial charge in [-0.15, -0.1) is 0 Å². The molecule has 0 unspecified atom stereocenters. The van der Waals surface area contributed by atoms with Crippen molar-refractivity contribution in [3.05, 3.63) is 29.0 Å². The zero-order valence-corrected chi connectivity index (χ0v) is 16.0. The van der Waals surface area contributed by atoms with E-state index in [0.29, 0.717) is 20.6 Å². The van der Waals surface area contributed by atoms with Crippen LogP contribution >= 0.6 is 23.4 Å². The summed E-state index contributed by atoms with van der Waals surface area (Å²) in [6.45, 7) is 3.31. The third-order valence-corrected chi connectivity index (χ3v) is 6.07. The fourth-order valence-electron chi connectivity index (χ4n) is 2.86. The molecule has 0 aliphatic carbocycles. The van der Waals surface area contributed by atoms with Crippen molar-refractivity contribution in [3.63, 3.8) is 0 Å². The van der Waals surface area contributed by atoms with E-state index >= 15 is 0 Å². The molecule has 1 aliphatic rings. The summed E-state index contributed by atoms with van der Waals surface area (Å²) in [5.74, 6) is 0.239. The van der Waals surface area contributed by atoms with Crippen molar-refractivity contribution >= 4 is 34.9 Å². The molecule has 0 amide bonds. The van der Waals surface area contributed by atoms with Crippen LogP contribution in [0.15, 0.2) is 28.3 Å². The van der Waals surface area contributed by atoms with E-state index in [1.54, 1.807) is 18.3 Å². The molecule has 9 heteroatoms. The summed E-state index contributed by atoms with van der Waals surface area (Å²) in [4.78, 5) is 11.1. The van der Waals surface area contributed by atoms with Gasteiger partial charge < -0.3 is 26.6 Å². The van der Waals surface area contributed by atoms with Crippen LogP contribution in [0.25, 0.3) is 0 Å². The zero-order chi connectivity index (χ0) is 18.9. The van der Waals surface area contributed by atoms with Crippen LogP contribution in [0.2, 0.25) is 5.02 Å². The number of nitrogens with two attached hydrogens (primary N) is 2. The summed E-state index contributed by atoms with van der Waals surface area (Å²) in [7, 11) is 0. The Morgan fingerprint density at radius 3 is 2.73 bits per heavy atom. The number of hydrogen-bond donors (Lipinski definition) is 4. The molecule has 3 rings (SSSR count). The second kappa shape index (κ2) is 7.48. The fraction of sp³-hybridized carbons (Fsp3) is 0.412. The summed E-state index contributed by atoms with van der Waals surface area (Å²) in [6.07, 6.45) is 3.21. The Bertz CT molecular complexity index is 808. The minimum Gasteiger partial charge on any atom is -0.505 e. The Kier molecular flexibility index (Phi) is 5.47. The highest BCUT2D eigenvalue weighted by Crippen LogP contribution is 2.40. The third kappa shape index (κ3) is 3.98. The van der Waals surface area contributed by atoms with Crippen molar-refractivity contribution in [1.29, 1.82) is 0 Å². The molecule has 140 valence electrons. The average Bonchev–Trinajstić information content (AvgIpc) is 2.60. The molecule has 0 atom stereocenters. The van der Waals surface area contributed by atoms with Crippen LogP contribution in [-0.2, 0) is 6.61 Å². The molecule has 0 radical (unpaired) electrons. The molecule has 0 aromatic carbocycles. The lowest BCUT2D eigenvalue weighted by Crippen LogP contribution is -2.48. The minimum atomic E-state index is -0.230. The van der Waals surface area contributed by atoms with Gasteiger partial charge in [-0.1, -0.05) is 23.4 Å². The number of halogens is 1. The monoisotopic (exact) mass is 395 g/mol. The fourth-order valence-corrected chi connectivity index (χ4v) is 3.94. The molecular formula is C17H22ClN5O2S. The van der Waals surface area contributed by atoms with Crippen LogP contribution in [-0.4, -0.2) is 38.8 Å². The number of aromatic hydroxyl groups is 1. The Labute approximate surface area is 161 Å². The van der Waals surface area contributed by atoms with E-state index in [2.05, 4.69) is 14.9 Å². The predicted molar refractivity (Wildman–Crippen MR) is 104 cm³/mol. The van der Waals surface area contributed by atoms with Gasteiger partial charge in [0, 0.05) is 35.8 Å². The van der Waals surface area contributed by atoms with E-state index < -0.39 is 0 Å². The summed E-state index contributed by atoms with van der Waals surface area (Å²) in [5, 5.41) is 20.9. The van der Waals surface area contributed by atoms with Crippen LogP contribution < -0.4 is 16.4 Å². The number of nitrogens with zero attached hydrogens (tertiary/aromatic N) is 3. The number of hydrogen-bond acceptors (Lipinski definition) is 8. The molecule has 0 bridgehead atoms. The van der Waals surface area contributed by atoms with Crippen molar-refractivity contribution in [2.24, 2.45) is 5.73 Å². The van der Waals surface area contributed by atoms with Crippen molar-refractivity contribution < 1.29 is 10.2 Å². The molecule has 7 nitrogen and oxygen atoms in total. The Morgan fingerprint density at radius 2 is 2.08 bits per heavy atom. The maximum Gasteiger partial charge on any atom is 0.150 e. The van der Waals surface area contributed by atoms with Gasteiger partial charge in [-0.2, -0.15) is 0 Å². The SMILES string of the molecule is CC1(N)CCN(c2cc(O)c(Sc3ccnc(N)c3Cl)nc2CO)CC1. The standard InChI is InChI=1S/C17H22ClN5O2S/c1-17(20)3-6-23(7-4-17)11-8-12(25)16(22-10(11)9-24)26-13-2-5-21-15(19)14(13)18/h2,5,8,24-25H,3-4,6-7,9,20H2,1H3,(H2,19,21). The quantitative estimate of drug-likeness (QED) is 0.622. The maximum absolute atomic E-state index is 10.5. The number of aromatic nitrogens is 2. The van der Waals surface area contributed by atoms with E-state index in [1.807, 2.05) is 6.92 Å². The first kappa shape index (κ1) is 19.0.